The predicted octanol–water partition coefficient (Wildman–Crippen LogP) is 2.43. The number of aliphatic carboxylic acids is 1. The van der Waals surface area contributed by atoms with Crippen molar-refractivity contribution in [2.75, 3.05) is 6.54 Å². The summed E-state index contributed by atoms with van der Waals surface area (Å²) in [5, 5.41) is 12.1. The standard InChI is InChI=1S/C15H25NO3/c1-10-5-7-11(8-6-10)14(17)16-9-12-3-2-4-13(12)15(18)19/h10-13H,2-9H2,1H3,(H,16,17)(H,18,19). The third-order valence-electron chi connectivity index (χ3n) is 4.90. The molecule has 0 aromatic rings. The Morgan fingerprint density at radius 1 is 1.11 bits per heavy atom. The monoisotopic (exact) mass is 267 g/mol. The predicted molar refractivity (Wildman–Crippen MR) is 72.6 cm³/mol. The summed E-state index contributed by atoms with van der Waals surface area (Å²) in [5.74, 6) is 0.206. The Bertz CT molecular complexity index is 334. The number of hydrogen-bond acceptors (Lipinski definition) is 2. The van der Waals surface area contributed by atoms with Crippen molar-refractivity contribution in [1.82, 2.24) is 5.32 Å². The molecule has 0 spiro atoms. The number of hydrogen-bond donors (Lipinski definition) is 2. The Hall–Kier alpha value is -1.06. The number of carbonyl (C=O) groups is 2. The van der Waals surface area contributed by atoms with Gasteiger partial charge in [0.15, 0.2) is 0 Å². The molecule has 2 atom stereocenters. The summed E-state index contributed by atoms with van der Waals surface area (Å²) in [6.45, 7) is 2.78. The lowest BCUT2D eigenvalue weighted by atomic mass is 9.82. The molecular formula is C15H25NO3. The number of nitrogens with one attached hydrogen (secondary N) is 1. The molecule has 0 aromatic carbocycles. The van der Waals surface area contributed by atoms with E-state index in [1.54, 1.807) is 0 Å². The van der Waals surface area contributed by atoms with Gasteiger partial charge in [-0.05, 0) is 50.4 Å². The minimum atomic E-state index is -0.705. The molecule has 0 aromatic heterocycles. The zero-order chi connectivity index (χ0) is 13.8. The molecule has 2 fully saturated rings. The van der Waals surface area contributed by atoms with E-state index in [1.807, 2.05) is 0 Å². The molecule has 2 unspecified atom stereocenters. The molecule has 4 heteroatoms. The molecule has 0 aliphatic heterocycles. The topological polar surface area (TPSA) is 66.4 Å². The molecule has 108 valence electrons. The van der Waals surface area contributed by atoms with Gasteiger partial charge >= 0.3 is 5.97 Å². The van der Waals surface area contributed by atoms with Crippen LogP contribution in [0.2, 0.25) is 0 Å². The van der Waals surface area contributed by atoms with Crippen molar-refractivity contribution >= 4 is 11.9 Å². The number of carboxylic acids is 1. The van der Waals surface area contributed by atoms with Crippen molar-refractivity contribution in [2.24, 2.45) is 23.7 Å². The first-order chi connectivity index (χ1) is 9.08. The second-order valence-electron chi connectivity index (χ2n) is 6.34. The van der Waals surface area contributed by atoms with E-state index in [0.717, 1.165) is 50.9 Å². The quantitative estimate of drug-likeness (QED) is 0.822. The zero-order valence-corrected chi connectivity index (χ0v) is 11.7. The van der Waals surface area contributed by atoms with Crippen LogP contribution >= 0.6 is 0 Å². The highest BCUT2D eigenvalue weighted by Crippen LogP contribution is 2.32. The van der Waals surface area contributed by atoms with Crippen LogP contribution in [0.15, 0.2) is 0 Å². The number of amides is 1. The molecule has 0 saturated heterocycles. The minimum absolute atomic E-state index is 0.129. The van der Waals surface area contributed by atoms with E-state index in [9.17, 15) is 9.59 Å². The van der Waals surface area contributed by atoms with Crippen LogP contribution in [-0.2, 0) is 9.59 Å². The summed E-state index contributed by atoms with van der Waals surface area (Å²) in [6.07, 6.45) is 6.91. The van der Waals surface area contributed by atoms with Crippen LogP contribution in [0.1, 0.15) is 51.9 Å². The van der Waals surface area contributed by atoms with Gasteiger partial charge in [-0.25, -0.2) is 0 Å². The van der Waals surface area contributed by atoms with Crippen LogP contribution in [0, 0.1) is 23.7 Å². The molecule has 2 N–H and O–H groups in total. The summed E-state index contributed by atoms with van der Waals surface area (Å²) >= 11 is 0. The third kappa shape index (κ3) is 3.71. The van der Waals surface area contributed by atoms with Crippen LogP contribution in [-0.4, -0.2) is 23.5 Å². The first-order valence-corrected chi connectivity index (χ1v) is 7.58. The van der Waals surface area contributed by atoms with Crippen LogP contribution in [0.4, 0.5) is 0 Å². The number of carboxylic acid groups (broad SMARTS) is 1. The Balaban J connectivity index is 1.75. The van der Waals surface area contributed by atoms with E-state index in [-0.39, 0.29) is 23.7 Å². The molecule has 2 aliphatic carbocycles. The molecule has 0 bridgehead atoms. The van der Waals surface area contributed by atoms with Gasteiger partial charge in [0.2, 0.25) is 5.91 Å². The molecule has 2 aliphatic rings. The van der Waals surface area contributed by atoms with Gasteiger partial charge in [0.1, 0.15) is 0 Å². The van der Waals surface area contributed by atoms with Crippen molar-refractivity contribution in [3.63, 3.8) is 0 Å². The molecular weight excluding hydrogens is 242 g/mol. The minimum Gasteiger partial charge on any atom is -0.481 e. The van der Waals surface area contributed by atoms with Crippen LogP contribution in [0.5, 0.6) is 0 Å². The average molecular weight is 267 g/mol. The van der Waals surface area contributed by atoms with Crippen molar-refractivity contribution in [3.8, 4) is 0 Å². The fourth-order valence-electron chi connectivity index (χ4n) is 3.50. The van der Waals surface area contributed by atoms with Gasteiger partial charge in [0, 0.05) is 12.5 Å². The maximum absolute atomic E-state index is 12.1. The Labute approximate surface area is 115 Å². The van der Waals surface area contributed by atoms with E-state index in [0.29, 0.717) is 6.54 Å². The SMILES string of the molecule is CC1CCC(C(=O)NCC2CCCC2C(=O)O)CC1. The summed E-state index contributed by atoms with van der Waals surface area (Å²) < 4.78 is 0. The third-order valence-corrected chi connectivity index (χ3v) is 4.90. The van der Waals surface area contributed by atoms with Gasteiger partial charge in [-0.15, -0.1) is 0 Å². The van der Waals surface area contributed by atoms with Crippen LogP contribution in [0.25, 0.3) is 0 Å². The number of carbonyl (C=O) groups excluding carboxylic acids is 1. The van der Waals surface area contributed by atoms with Crippen molar-refractivity contribution in [2.45, 2.75) is 51.9 Å². The fourth-order valence-corrected chi connectivity index (χ4v) is 3.50. The molecule has 4 nitrogen and oxygen atoms in total. The van der Waals surface area contributed by atoms with Crippen LogP contribution < -0.4 is 5.32 Å². The summed E-state index contributed by atoms with van der Waals surface area (Å²) in [7, 11) is 0. The lowest BCUT2D eigenvalue weighted by Gasteiger charge is -2.26. The van der Waals surface area contributed by atoms with Crippen molar-refractivity contribution < 1.29 is 14.7 Å². The molecule has 19 heavy (non-hydrogen) atoms. The van der Waals surface area contributed by atoms with E-state index < -0.39 is 5.97 Å². The molecule has 2 saturated carbocycles. The Morgan fingerprint density at radius 3 is 2.42 bits per heavy atom. The van der Waals surface area contributed by atoms with Gasteiger partial charge < -0.3 is 10.4 Å². The van der Waals surface area contributed by atoms with Gasteiger partial charge in [-0.3, -0.25) is 9.59 Å². The summed E-state index contributed by atoms with van der Waals surface area (Å²) in [5.41, 5.74) is 0. The van der Waals surface area contributed by atoms with Crippen molar-refractivity contribution in [1.29, 1.82) is 0 Å². The van der Waals surface area contributed by atoms with Gasteiger partial charge in [0.05, 0.1) is 5.92 Å². The summed E-state index contributed by atoms with van der Waals surface area (Å²) in [6, 6.07) is 0. The highest BCUT2D eigenvalue weighted by molar-refractivity contribution is 5.78. The van der Waals surface area contributed by atoms with Crippen molar-refractivity contribution in [3.05, 3.63) is 0 Å². The molecule has 2 rings (SSSR count). The average Bonchev–Trinajstić information content (AvgIpc) is 2.85. The van der Waals surface area contributed by atoms with Gasteiger partial charge in [0.25, 0.3) is 0 Å². The lowest BCUT2D eigenvalue weighted by Crippen LogP contribution is -2.37. The normalized spacial score (nSPS) is 35.0. The molecule has 0 heterocycles. The van der Waals surface area contributed by atoms with Gasteiger partial charge in [-0.2, -0.15) is 0 Å². The maximum Gasteiger partial charge on any atom is 0.306 e. The molecule has 1 amide bonds. The van der Waals surface area contributed by atoms with Crippen LogP contribution in [0.3, 0.4) is 0 Å². The first kappa shape index (κ1) is 14.4. The Morgan fingerprint density at radius 2 is 1.79 bits per heavy atom. The largest absolute Gasteiger partial charge is 0.481 e. The summed E-state index contributed by atoms with van der Waals surface area (Å²) in [4.78, 5) is 23.2. The zero-order valence-electron chi connectivity index (χ0n) is 11.7. The number of rotatable bonds is 4. The second kappa shape index (κ2) is 6.40. The van der Waals surface area contributed by atoms with E-state index >= 15 is 0 Å². The smallest absolute Gasteiger partial charge is 0.306 e. The maximum atomic E-state index is 12.1. The first-order valence-electron chi connectivity index (χ1n) is 7.58. The van der Waals surface area contributed by atoms with E-state index in [4.69, 9.17) is 5.11 Å². The van der Waals surface area contributed by atoms with E-state index in [1.165, 1.54) is 0 Å². The highest BCUT2D eigenvalue weighted by atomic mass is 16.4. The molecule has 0 radical (unpaired) electrons. The second-order valence-corrected chi connectivity index (χ2v) is 6.34. The van der Waals surface area contributed by atoms with E-state index in [2.05, 4.69) is 12.2 Å². The fraction of sp³-hybridized carbons (Fsp3) is 0.867. The lowest BCUT2D eigenvalue weighted by molar-refractivity contribution is -0.143. The van der Waals surface area contributed by atoms with Gasteiger partial charge in [-0.1, -0.05) is 13.3 Å². The highest BCUT2D eigenvalue weighted by Gasteiger charge is 2.33. The Kier molecular flexibility index (Phi) is 4.83.